The molecule has 0 radical (unpaired) electrons. The maximum absolute atomic E-state index is 12.0. The van der Waals surface area contributed by atoms with E-state index < -0.39 is 0 Å². The van der Waals surface area contributed by atoms with Gasteiger partial charge in [0, 0.05) is 17.2 Å². The average molecular weight is 354 g/mol. The van der Waals surface area contributed by atoms with Gasteiger partial charge in [0.2, 0.25) is 5.69 Å². The highest BCUT2D eigenvalue weighted by Crippen LogP contribution is 2.21. The van der Waals surface area contributed by atoms with E-state index in [0.29, 0.717) is 16.2 Å². The summed E-state index contributed by atoms with van der Waals surface area (Å²) in [5.41, 5.74) is 1.13. The van der Waals surface area contributed by atoms with Crippen LogP contribution in [0.25, 0.3) is 0 Å². The Balaban J connectivity index is 1.66. The number of benzene rings is 2. The predicted octanol–water partition coefficient (Wildman–Crippen LogP) is 7.13. The number of para-hydroxylation sites is 1. The fourth-order valence-electron chi connectivity index (χ4n) is 2.75. The van der Waals surface area contributed by atoms with Crippen molar-refractivity contribution in [3.63, 3.8) is 0 Å². The van der Waals surface area contributed by atoms with Gasteiger partial charge >= 0.3 is 0 Å². The fourth-order valence-corrected chi connectivity index (χ4v) is 2.75. The molecular weight excluding hydrogens is 324 g/mol. The van der Waals surface area contributed by atoms with E-state index in [0.717, 1.165) is 18.8 Å². The van der Waals surface area contributed by atoms with Crippen LogP contribution in [-0.2, 0) is 0 Å². The lowest BCUT2D eigenvalue weighted by Gasteiger charge is -2.06. The molecule has 2 aromatic rings. The molecule has 4 nitrogen and oxygen atoms in total. The van der Waals surface area contributed by atoms with Crippen molar-refractivity contribution >= 4 is 11.4 Å². The van der Waals surface area contributed by atoms with Gasteiger partial charge in [-0.25, -0.2) is 0 Å². The molecule has 2 aromatic carbocycles. The third-order valence-corrected chi connectivity index (χ3v) is 4.29. The minimum Gasteiger partial charge on any atom is -0.594 e. The summed E-state index contributed by atoms with van der Waals surface area (Å²) in [6.45, 7) is 2.99. The lowest BCUT2D eigenvalue weighted by molar-refractivity contribution is -0.435. The number of rotatable bonds is 12. The molecule has 0 aromatic heterocycles. The topological polar surface area (TPSA) is 47.7 Å². The molecule has 0 aliphatic carbocycles. The normalized spacial score (nSPS) is 11.5. The van der Waals surface area contributed by atoms with Crippen LogP contribution in [0.15, 0.2) is 59.7 Å². The Morgan fingerprint density at radius 1 is 0.808 bits per heavy atom. The second kappa shape index (κ2) is 12.1. The first kappa shape index (κ1) is 20.0. The van der Waals surface area contributed by atoms with Gasteiger partial charge in [0.05, 0.1) is 6.61 Å². The SMILES string of the molecule is CCCCCCCCCCOc1ccc(N=[N+]([O-])c2ccccc2)cc1. The minimum absolute atomic E-state index is 0.516. The Morgan fingerprint density at radius 3 is 2.08 bits per heavy atom. The highest BCUT2D eigenvalue weighted by atomic mass is 16.5. The molecule has 0 unspecified atom stereocenters. The van der Waals surface area contributed by atoms with Crippen molar-refractivity contribution in [2.45, 2.75) is 58.3 Å². The zero-order chi connectivity index (χ0) is 18.5. The van der Waals surface area contributed by atoms with Crippen LogP contribution in [0.2, 0.25) is 0 Å². The number of unbranched alkanes of at least 4 members (excludes halogenated alkanes) is 7. The predicted molar refractivity (Wildman–Crippen MR) is 106 cm³/mol. The van der Waals surface area contributed by atoms with Crippen LogP contribution in [0.5, 0.6) is 5.75 Å². The summed E-state index contributed by atoms with van der Waals surface area (Å²) in [4.78, 5) is 0.635. The molecule has 0 N–H and O–H groups in total. The van der Waals surface area contributed by atoms with Gasteiger partial charge in [-0.15, -0.1) is 0 Å². The molecule has 140 valence electrons. The molecular formula is C22H30N2O2. The Labute approximate surface area is 157 Å². The zero-order valence-corrected chi connectivity index (χ0v) is 15.8. The molecule has 4 heteroatoms. The van der Waals surface area contributed by atoms with E-state index in [1.54, 1.807) is 24.3 Å². The van der Waals surface area contributed by atoms with Gasteiger partial charge in [0.1, 0.15) is 11.4 Å². The van der Waals surface area contributed by atoms with Crippen LogP contribution < -0.4 is 4.74 Å². The molecule has 0 fully saturated rings. The van der Waals surface area contributed by atoms with Gasteiger partial charge in [0.25, 0.3) is 0 Å². The highest BCUT2D eigenvalue weighted by molar-refractivity contribution is 5.40. The molecule has 0 aliphatic rings. The second-order valence-electron chi connectivity index (χ2n) is 6.53. The van der Waals surface area contributed by atoms with Crippen LogP contribution in [-0.4, -0.2) is 11.5 Å². The van der Waals surface area contributed by atoms with E-state index in [2.05, 4.69) is 12.0 Å². The number of azo groups is 1. The third kappa shape index (κ3) is 7.68. The van der Waals surface area contributed by atoms with Crippen LogP contribution in [0, 0.1) is 5.21 Å². The Kier molecular flexibility index (Phi) is 9.26. The Morgan fingerprint density at radius 2 is 1.42 bits per heavy atom. The summed E-state index contributed by atoms with van der Waals surface area (Å²) in [6, 6.07) is 16.3. The Hall–Kier alpha value is -2.36. The molecule has 0 spiro atoms. The third-order valence-electron chi connectivity index (χ3n) is 4.29. The summed E-state index contributed by atoms with van der Waals surface area (Å²) in [7, 11) is 0. The molecule has 26 heavy (non-hydrogen) atoms. The number of hydrogen-bond acceptors (Lipinski definition) is 3. The van der Waals surface area contributed by atoms with Crippen molar-refractivity contribution in [1.82, 2.24) is 0 Å². The maximum atomic E-state index is 12.0. The van der Waals surface area contributed by atoms with Gasteiger partial charge in [-0.2, -0.15) is 0 Å². The van der Waals surface area contributed by atoms with Gasteiger partial charge in [-0.1, -0.05) is 74.9 Å². The summed E-state index contributed by atoms with van der Waals surface area (Å²) in [5, 5.41) is 16.0. The second-order valence-corrected chi connectivity index (χ2v) is 6.53. The first-order valence-electron chi connectivity index (χ1n) is 9.76. The summed E-state index contributed by atoms with van der Waals surface area (Å²) < 4.78 is 5.76. The van der Waals surface area contributed by atoms with E-state index in [1.807, 2.05) is 30.3 Å². The number of nitrogens with zero attached hydrogens (tertiary/aromatic N) is 2. The van der Waals surface area contributed by atoms with E-state index in [4.69, 9.17) is 4.74 Å². The first-order chi connectivity index (χ1) is 12.8. The number of ether oxygens (including phenoxy) is 1. The van der Waals surface area contributed by atoms with Crippen molar-refractivity contribution in [3.8, 4) is 5.75 Å². The van der Waals surface area contributed by atoms with Gasteiger partial charge in [-0.05, 0) is 30.7 Å². The molecule has 0 saturated carbocycles. The fraction of sp³-hybridized carbons (Fsp3) is 0.455. The van der Waals surface area contributed by atoms with Crippen LogP contribution >= 0.6 is 0 Å². The Bertz CT molecular complexity index is 639. The standard InChI is InChI=1S/C22H30N2O2/c1-2-3-4-5-6-7-8-12-19-26-22-17-15-20(16-18-22)23-24(25)21-13-10-9-11-14-21/h9-11,13-18H,2-8,12,19H2,1H3. The van der Waals surface area contributed by atoms with Crippen LogP contribution in [0.4, 0.5) is 11.4 Å². The van der Waals surface area contributed by atoms with E-state index in [-0.39, 0.29) is 0 Å². The van der Waals surface area contributed by atoms with Crippen LogP contribution in [0.3, 0.4) is 0 Å². The monoisotopic (exact) mass is 354 g/mol. The molecule has 0 amide bonds. The molecule has 0 bridgehead atoms. The van der Waals surface area contributed by atoms with E-state index >= 15 is 0 Å². The lowest BCUT2D eigenvalue weighted by Crippen LogP contribution is -1.97. The minimum atomic E-state index is 0.516. The molecule has 0 atom stereocenters. The molecule has 0 heterocycles. The summed E-state index contributed by atoms with van der Waals surface area (Å²) in [5.74, 6) is 0.823. The highest BCUT2D eigenvalue weighted by Gasteiger charge is 2.03. The molecule has 0 saturated heterocycles. The van der Waals surface area contributed by atoms with E-state index in [9.17, 15) is 5.21 Å². The van der Waals surface area contributed by atoms with Gasteiger partial charge in [-0.3, -0.25) is 0 Å². The van der Waals surface area contributed by atoms with Gasteiger partial charge in [0.15, 0.2) is 0 Å². The van der Waals surface area contributed by atoms with Crippen molar-refractivity contribution in [3.05, 3.63) is 59.8 Å². The quantitative estimate of drug-likeness (QED) is 0.176. The zero-order valence-electron chi connectivity index (χ0n) is 15.8. The van der Waals surface area contributed by atoms with Crippen molar-refractivity contribution in [1.29, 1.82) is 0 Å². The summed E-state index contributed by atoms with van der Waals surface area (Å²) in [6.07, 6.45) is 10.3. The largest absolute Gasteiger partial charge is 0.594 e. The lowest BCUT2D eigenvalue weighted by atomic mass is 10.1. The first-order valence-corrected chi connectivity index (χ1v) is 9.76. The smallest absolute Gasteiger partial charge is 0.244 e. The molecule has 0 aliphatic heterocycles. The van der Waals surface area contributed by atoms with Crippen molar-refractivity contribution in [2.24, 2.45) is 5.11 Å². The van der Waals surface area contributed by atoms with Crippen molar-refractivity contribution < 1.29 is 9.60 Å². The van der Waals surface area contributed by atoms with Crippen LogP contribution in [0.1, 0.15) is 58.3 Å². The molecule has 2 rings (SSSR count). The maximum Gasteiger partial charge on any atom is 0.244 e. The van der Waals surface area contributed by atoms with Crippen molar-refractivity contribution in [2.75, 3.05) is 6.61 Å². The summed E-state index contributed by atoms with van der Waals surface area (Å²) >= 11 is 0. The van der Waals surface area contributed by atoms with Gasteiger partial charge < -0.3 is 9.94 Å². The number of hydrogen-bond donors (Lipinski definition) is 0. The van der Waals surface area contributed by atoms with E-state index in [1.165, 1.54) is 44.9 Å². The average Bonchev–Trinajstić information content (AvgIpc) is 2.68.